The van der Waals surface area contributed by atoms with Crippen molar-refractivity contribution in [2.24, 2.45) is 17.6 Å². The number of thiophene rings is 1. The Morgan fingerprint density at radius 3 is 3.31 bits per heavy atom. The fraction of sp³-hybridized carbons (Fsp3) is 0.636. The topological polar surface area (TPSA) is 26.0 Å². The van der Waals surface area contributed by atoms with Crippen LogP contribution < -0.4 is 5.73 Å². The molecule has 0 aromatic carbocycles. The summed E-state index contributed by atoms with van der Waals surface area (Å²) in [5.41, 5.74) is 7.45. The van der Waals surface area contributed by atoms with Gasteiger partial charge in [-0.1, -0.05) is 0 Å². The highest BCUT2D eigenvalue weighted by molar-refractivity contribution is 7.10. The van der Waals surface area contributed by atoms with Crippen LogP contribution in [0.25, 0.3) is 0 Å². The fourth-order valence-electron chi connectivity index (χ4n) is 2.83. The van der Waals surface area contributed by atoms with E-state index in [2.05, 4.69) is 11.4 Å². The molecule has 3 atom stereocenters. The summed E-state index contributed by atoms with van der Waals surface area (Å²) >= 11 is 1.92. The highest BCUT2D eigenvalue weighted by Crippen LogP contribution is 2.54. The Morgan fingerprint density at radius 2 is 2.46 bits per heavy atom. The van der Waals surface area contributed by atoms with Crippen molar-refractivity contribution in [2.75, 3.05) is 6.54 Å². The van der Waals surface area contributed by atoms with Gasteiger partial charge in [0.15, 0.2) is 0 Å². The van der Waals surface area contributed by atoms with Crippen LogP contribution >= 0.6 is 11.3 Å². The van der Waals surface area contributed by atoms with Gasteiger partial charge in [-0.15, -0.1) is 11.3 Å². The van der Waals surface area contributed by atoms with Crippen LogP contribution in [0.2, 0.25) is 0 Å². The second kappa shape index (κ2) is 2.82. The predicted molar refractivity (Wildman–Crippen MR) is 56.0 cm³/mol. The lowest BCUT2D eigenvalue weighted by molar-refractivity contribution is 0.568. The summed E-state index contributed by atoms with van der Waals surface area (Å²) in [7, 11) is 0. The van der Waals surface area contributed by atoms with E-state index >= 15 is 0 Å². The van der Waals surface area contributed by atoms with Crippen molar-refractivity contribution in [3.8, 4) is 0 Å². The summed E-state index contributed by atoms with van der Waals surface area (Å²) in [6, 6.07) is 2.30. The van der Waals surface area contributed by atoms with Crippen molar-refractivity contribution >= 4 is 11.3 Å². The van der Waals surface area contributed by atoms with Crippen molar-refractivity contribution in [1.29, 1.82) is 0 Å². The first-order chi connectivity index (χ1) is 6.40. The Kier molecular flexibility index (Phi) is 1.74. The van der Waals surface area contributed by atoms with Crippen LogP contribution in [-0.4, -0.2) is 6.54 Å². The molecule has 0 amide bonds. The SMILES string of the molecule is NC[C@@H]1c2ccsc2CC[C@H]2CC21. The van der Waals surface area contributed by atoms with Crippen LogP contribution in [0, 0.1) is 11.8 Å². The normalized spacial score (nSPS) is 36.2. The predicted octanol–water partition coefficient (Wildman–Crippen LogP) is 2.37. The van der Waals surface area contributed by atoms with Gasteiger partial charge < -0.3 is 5.73 Å². The molecule has 0 saturated heterocycles. The zero-order valence-electron chi connectivity index (χ0n) is 7.70. The maximum atomic E-state index is 5.87. The molecule has 0 radical (unpaired) electrons. The monoisotopic (exact) mass is 193 g/mol. The number of fused-ring (bicyclic) bond motifs is 2. The average molecular weight is 193 g/mol. The quantitative estimate of drug-likeness (QED) is 0.728. The zero-order chi connectivity index (χ0) is 8.84. The van der Waals surface area contributed by atoms with Crippen LogP contribution in [0.3, 0.4) is 0 Å². The first-order valence-corrected chi connectivity index (χ1v) is 6.04. The maximum Gasteiger partial charge on any atom is 0.00807 e. The number of nitrogens with two attached hydrogens (primary N) is 1. The van der Waals surface area contributed by atoms with Crippen molar-refractivity contribution < 1.29 is 0 Å². The maximum absolute atomic E-state index is 5.87. The second-order valence-electron chi connectivity index (χ2n) is 4.34. The molecular weight excluding hydrogens is 178 g/mol. The Hall–Kier alpha value is -0.340. The van der Waals surface area contributed by atoms with Crippen molar-refractivity contribution in [1.82, 2.24) is 0 Å². The van der Waals surface area contributed by atoms with E-state index < -0.39 is 0 Å². The van der Waals surface area contributed by atoms with E-state index in [-0.39, 0.29) is 0 Å². The van der Waals surface area contributed by atoms with E-state index in [1.54, 1.807) is 10.4 Å². The van der Waals surface area contributed by atoms with Gasteiger partial charge in [0.2, 0.25) is 0 Å². The minimum Gasteiger partial charge on any atom is -0.330 e. The molecule has 2 aliphatic carbocycles. The van der Waals surface area contributed by atoms with Gasteiger partial charge in [-0.05, 0) is 54.7 Å². The molecule has 70 valence electrons. The van der Waals surface area contributed by atoms with Gasteiger partial charge >= 0.3 is 0 Å². The Morgan fingerprint density at radius 1 is 1.54 bits per heavy atom. The first kappa shape index (κ1) is 8.01. The zero-order valence-corrected chi connectivity index (χ0v) is 8.52. The van der Waals surface area contributed by atoms with Crippen LogP contribution in [0.4, 0.5) is 0 Å². The van der Waals surface area contributed by atoms with Crippen LogP contribution in [0.5, 0.6) is 0 Å². The third kappa shape index (κ3) is 1.16. The molecule has 1 fully saturated rings. The van der Waals surface area contributed by atoms with Gasteiger partial charge in [-0.25, -0.2) is 0 Å². The summed E-state index contributed by atoms with van der Waals surface area (Å²) in [6.45, 7) is 0.852. The van der Waals surface area contributed by atoms with Crippen molar-refractivity contribution in [2.45, 2.75) is 25.2 Å². The lowest BCUT2D eigenvalue weighted by atomic mass is 9.95. The Bertz CT molecular complexity index is 318. The summed E-state index contributed by atoms with van der Waals surface area (Å²) in [5.74, 6) is 2.63. The van der Waals surface area contributed by atoms with Gasteiger partial charge in [-0.3, -0.25) is 0 Å². The molecule has 13 heavy (non-hydrogen) atoms. The highest BCUT2D eigenvalue weighted by atomic mass is 32.1. The number of rotatable bonds is 1. The van der Waals surface area contributed by atoms with E-state index in [4.69, 9.17) is 5.73 Å². The third-order valence-corrected chi connectivity index (χ3v) is 4.67. The Labute approximate surface area is 83.0 Å². The number of hydrogen-bond donors (Lipinski definition) is 1. The number of hydrogen-bond acceptors (Lipinski definition) is 2. The van der Waals surface area contributed by atoms with Crippen LogP contribution in [0.15, 0.2) is 11.4 Å². The van der Waals surface area contributed by atoms with Gasteiger partial charge in [0.25, 0.3) is 0 Å². The molecule has 1 aromatic rings. The van der Waals surface area contributed by atoms with Gasteiger partial charge in [-0.2, -0.15) is 0 Å². The molecule has 2 aliphatic rings. The standard InChI is InChI=1S/C11H15NS/c12-6-10-8-3-4-13-11(8)2-1-7-5-9(7)10/h3-4,7,9-10H,1-2,5-6,12H2/t7-,9?,10+/m0/s1. The molecule has 2 N–H and O–H groups in total. The molecule has 0 bridgehead atoms. The fourth-order valence-corrected chi connectivity index (χ4v) is 3.80. The first-order valence-electron chi connectivity index (χ1n) is 5.16. The minimum absolute atomic E-state index is 0.689. The van der Waals surface area contributed by atoms with Gasteiger partial charge in [0.05, 0.1) is 0 Å². The van der Waals surface area contributed by atoms with Gasteiger partial charge in [0.1, 0.15) is 0 Å². The molecular formula is C11H15NS. The van der Waals surface area contributed by atoms with Crippen LogP contribution in [0.1, 0.15) is 29.2 Å². The molecule has 1 unspecified atom stereocenters. The lowest BCUT2D eigenvalue weighted by Gasteiger charge is -2.12. The molecule has 1 heterocycles. The number of aryl methyl sites for hydroxylation is 1. The summed E-state index contributed by atoms with van der Waals surface area (Å²) in [5, 5.41) is 2.23. The Balaban J connectivity index is 2.01. The van der Waals surface area contributed by atoms with E-state index in [1.807, 2.05) is 11.3 Å². The molecule has 1 nitrogen and oxygen atoms in total. The van der Waals surface area contributed by atoms with Crippen molar-refractivity contribution in [3.63, 3.8) is 0 Å². The highest BCUT2D eigenvalue weighted by Gasteiger charge is 2.44. The van der Waals surface area contributed by atoms with Crippen molar-refractivity contribution in [3.05, 3.63) is 21.9 Å². The van der Waals surface area contributed by atoms with Gasteiger partial charge in [0, 0.05) is 10.8 Å². The van der Waals surface area contributed by atoms with Crippen LogP contribution in [-0.2, 0) is 6.42 Å². The molecule has 1 aromatic heterocycles. The van der Waals surface area contributed by atoms with E-state index in [9.17, 15) is 0 Å². The summed E-state index contributed by atoms with van der Waals surface area (Å²) < 4.78 is 0. The van der Waals surface area contributed by atoms with E-state index in [0.29, 0.717) is 5.92 Å². The molecule has 0 aliphatic heterocycles. The smallest absolute Gasteiger partial charge is 0.00807 e. The largest absolute Gasteiger partial charge is 0.330 e. The molecule has 1 saturated carbocycles. The molecule has 3 rings (SSSR count). The lowest BCUT2D eigenvalue weighted by Crippen LogP contribution is -2.14. The molecule has 2 heteroatoms. The van der Waals surface area contributed by atoms with E-state index in [0.717, 1.165) is 18.4 Å². The van der Waals surface area contributed by atoms with E-state index in [1.165, 1.54) is 19.3 Å². The third-order valence-electron chi connectivity index (χ3n) is 3.67. The second-order valence-corrected chi connectivity index (χ2v) is 5.34. The summed E-state index contributed by atoms with van der Waals surface area (Å²) in [6.07, 6.45) is 4.16. The molecule has 0 spiro atoms. The summed E-state index contributed by atoms with van der Waals surface area (Å²) in [4.78, 5) is 1.61. The average Bonchev–Trinajstić information content (AvgIpc) is 2.78. The minimum atomic E-state index is 0.689.